The van der Waals surface area contributed by atoms with Gasteiger partial charge in [-0.1, -0.05) is 0 Å². The highest BCUT2D eigenvalue weighted by molar-refractivity contribution is 5.94. The molecule has 0 unspecified atom stereocenters. The molecule has 7 nitrogen and oxygen atoms in total. The van der Waals surface area contributed by atoms with Gasteiger partial charge in [0, 0.05) is 19.2 Å². The van der Waals surface area contributed by atoms with Gasteiger partial charge in [-0.15, -0.1) is 0 Å². The molecule has 132 valence electrons. The Balaban J connectivity index is 2.09. The lowest BCUT2D eigenvalue weighted by Gasteiger charge is -2.36. The van der Waals surface area contributed by atoms with E-state index in [-0.39, 0.29) is 29.4 Å². The van der Waals surface area contributed by atoms with Gasteiger partial charge in [0.15, 0.2) is 6.10 Å². The van der Waals surface area contributed by atoms with Crippen LogP contribution in [-0.2, 0) is 14.3 Å². The van der Waals surface area contributed by atoms with Gasteiger partial charge in [-0.25, -0.2) is 9.59 Å². The summed E-state index contributed by atoms with van der Waals surface area (Å²) in [7, 11) is 0. The predicted octanol–water partition coefficient (Wildman–Crippen LogP) is 1.44. The van der Waals surface area contributed by atoms with Crippen molar-refractivity contribution in [1.29, 1.82) is 0 Å². The number of ether oxygens (including phenoxy) is 2. The zero-order chi connectivity index (χ0) is 18.0. The number of carbonyl (C=O) groups is 2. The Hall–Kier alpha value is -2.15. The molecule has 3 atom stereocenters. The van der Waals surface area contributed by atoms with E-state index in [2.05, 4.69) is 0 Å². The summed E-state index contributed by atoms with van der Waals surface area (Å²) in [4.78, 5) is 37.8. The molecule has 0 saturated carbocycles. The molecule has 0 aliphatic carbocycles. The van der Waals surface area contributed by atoms with Crippen LogP contribution in [0.15, 0.2) is 15.3 Å². The van der Waals surface area contributed by atoms with Crippen molar-refractivity contribution in [3.63, 3.8) is 0 Å². The summed E-state index contributed by atoms with van der Waals surface area (Å²) < 4.78 is 15.8. The van der Waals surface area contributed by atoms with Crippen LogP contribution >= 0.6 is 0 Å². The number of aryl methyl sites for hydroxylation is 2. The fourth-order valence-corrected chi connectivity index (χ4v) is 2.95. The van der Waals surface area contributed by atoms with Crippen molar-refractivity contribution in [3.05, 3.63) is 33.4 Å². The van der Waals surface area contributed by atoms with Crippen molar-refractivity contribution in [2.24, 2.45) is 0 Å². The zero-order valence-electron chi connectivity index (χ0n) is 14.6. The first kappa shape index (κ1) is 18.2. The molecule has 1 saturated heterocycles. The van der Waals surface area contributed by atoms with Crippen molar-refractivity contribution in [2.75, 3.05) is 13.1 Å². The fraction of sp³-hybridized carbons (Fsp3) is 0.588. The van der Waals surface area contributed by atoms with E-state index in [0.717, 1.165) is 0 Å². The molecule has 1 aromatic heterocycles. The number of esters is 1. The second-order valence-electron chi connectivity index (χ2n) is 6.23. The molecule has 1 aliphatic heterocycles. The highest BCUT2D eigenvalue weighted by Crippen LogP contribution is 2.16. The summed E-state index contributed by atoms with van der Waals surface area (Å²) in [6.45, 7) is 9.39. The Bertz CT molecular complexity index is 659. The van der Waals surface area contributed by atoms with E-state index in [0.29, 0.717) is 18.7 Å². The number of amides is 1. The Morgan fingerprint density at radius 2 is 1.83 bits per heavy atom. The number of carbonyl (C=O) groups excluding carboxylic acids is 2. The van der Waals surface area contributed by atoms with Crippen molar-refractivity contribution in [3.8, 4) is 0 Å². The second-order valence-corrected chi connectivity index (χ2v) is 6.23. The van der Waals surface area contributed by atoms with Crippen LogP contribution in [0.2, 0.25) is 0 Å². The molecule has 1 amide bonds. The number of nitrogens with zero attached hydrogens (tertiary/aromatic N) is 1. The average molecular weight is 337 g/mol. The summed E-state index contributed by atoms with van der Waals surface area (Å²) in [6.07, 6.45) is -1.05. The topological polar surface area (TPSA) is 86.1 Å². The third-order valence-electron chi connectivity index (χ3n) is 3.90. The molecule has 24 heavy (non-hydrogen) atoms. The van der Waals surface area contributed by atoms with Gasteiger partial charge >= 0.3 is 11.6 Å². The Morgan fingerprint density at radius 3 is 2.38 bits per heavy atom. The van der Waals surface area contributed by atoms with Crippen LogP contribution in [0.25, 0.3) is 0 Å². The van der Waals surface area contributed by atoms with Crippen LogP contribution in [0.5, 0.6) is 0 Å². The molecule has 7 heteroatoms. The summed E-state index contributed by atoms with van der Waals surface area (Å²) in [5, 5.41) is 0. The van der Waals surface area contributed by atoms with Crippen molar-refractivity contribution in [2.45, 2.75) is 52.9 Å². The maximum Gasteiger partial charge on any atom is 0.342 e. The number of rotatable bonds is 3. The molecule has 0 aromatic carbocycles. The first-order valence-corrected chi connectivity index (χ1v) is 7.95. The maximum absolute atomic E-state index is 12.5. The third-order valence-corrected chi connectivity index (χ3v) is 3.90. The summed E-state index contributed by atoms with van der Waals surface area (Å²) >= 11 is 0. The van der Waals surface area contributed by atoms with E-state index < -0.39 is 17.7 Å². The zero-order valence-corrected chi connectivity index (χ0v) is 14.6. The predicted molar refractivity (Wildman–Crippen MR) is 85.9 cm³/mol. The minimum absolute atomic E-state index is 0.0616. The number of morpholine rings is 1. The lowest BCUT2D eigenvalue weighted by Crippen LogP contribution is -2.51. The second kappa shape index (κ2) is 7.17. The maximum atomic E-state index is 12.5. The van der Waals surface area contributed by atoms with Gasteiger partial charge < -0.3 is 18.8 Å². The van der Waals surface area contributed by atoms with E-state index in [1.165, 1.54) is 19.9 Å². The summed E-state index contributed by atoms with van der Waals surface area (Å²) in [5.74, 6) is -0.764. The van der Waals surface area contributed by atoms with Crippen LogP contribution in [0.3, 0.4) is 0 Å². The van der Waals surface area contributed by atoms with Gasteiger partial charge in [-0.2, -0.15) is 0 Å². The van der Waals surface area contributed by atoms with Gasteiger partial charge in [0.25, 0.3) is 5.91 Å². The first-order chi connectivity index (χ1) is 11.2. The largest absolute Gasteiger partial charge is 0.449 e. The molecule has 1 aromatic rings. The van der Waals surface area contributed by atoms with Gasteiger partial charge in [0.05, 0.1) is 12.2 Å². The molecule has 0 spiro atoms. The molecule has 0 bridgehead atoms. The van der Waals surface area contributed by atoms with Crippen LogP contribution in [0.4, 0.5) is 0 Å². The normalized spacial score (nSPS) is 22.1. The fourth-order valence-electron chi connectivity index (χ4n) is 2.95. The quantitative estimate of drug-likeness (QED) is 0.776. The highest BCUT2D eigenvalue weighted by Gasteiger charge is 2.31. The van der Waals surface area contributed by atoms with E-state index in [1.807, 2.05) is 13.8 Å². The van der Waals surface area contributed by atoms with E-state index in [4.69, 9.17) is 13.9 Å². The van der Waals surface area contributed by atoms with Crippen molar-refractivity contribution in [1.82, 2.24) is 4.90 Å². The first-order valence-electron chi connectivity index (χ1n) is 7.95. The van der Waals surface area contributed by atoms with Crippen molar-refractivity contribution >= 4 is 11.9 Å². The lowest BCUT2D eigenvalue weighted by atomic mass is 10.1. The standard InChI is InChI=1S/C17H23NO6/c1-9-6-14(19)23-12(4)15(9)17(21)24-13(5)16(20)18-7-10(2)22-11(3)8-18/h6,10-11,13H,7-8H2,1-5H3/t10-,11+,13-/m1/s1. The SMILES string of the molecule is Cc1cc(=O)oc(C)c1C(=O)O[C@H](C)C(=O)N1C[C@@H](C)O[C@@H](C)C1. The molecule has 1 aliphatic rings. The lowest BCUT2D eigenvalue weighted by molar-refractivity contribution is -0.151. The third kappa shape index (κ3) is 4.03. The monoisotopic (exact) mass is 337 g/mol. The summed E-state index contributed by atoms with van der Waals surface area (Å²) in [6, 6.07) is 1.22. The molecule has 1 fully saturated rings. The van der Waals surface area contributed by atoms with E-state index in [1.54, 1.807) is 11.8 Å². The van der Waals surface area contributed by atoms with Crippen LogP contribution in [-0.4, -0.2) is 48.2 Å². The van der Waals surface area contributed by atoms with Gasteiger partial charge in [-0.3, -0.25) is 4.79 Å². The van der Waals surface area contributed by atoms with Crippen LogP contribution < -0.4 is 5.63 Å². The molecular formula is C17H23NO6. The van der Waals surface area contributed by atoms with Crippen LogP contribution in [0, 0.1) is 13.8 Å². The minimum atomic E-state index is -0.930. The Morgan fingerprint density at radius 1 is 1.25 bits per heavy atom. The van der Waals surface area contributed by atoms with Crippen molar-refractivity contribution < 1.29 is 23.5 Å². The van der Waals surface area contributed by atoms with Gasteiger partial charge in [-0.05, 0) is 40.2 Å². The molecule has 0 N–H and O–H groups in total. The molecule has 2 rings (SSSR count). The van der Waals surface area contributed by atoms with Gasteiger partial charge in [0.1, 0.15) is 11.3 Å². The minimum Gasteiger partial charge on any atom is -0.449 e. The molecule has 0 radical (unpaired) electrons. The highest BCUT2D eigenvalue weighted by atomic mass is 16.5. The van der Waals surface area contributed by atoms with Gasteiger partial charge in [0.2, 0.25) is 0 Å². The molecule has 2 heterocycles. The van der Waals surface area contributed by atoms with E-state index in [9.17, 15) is 14.4 Å². The van der Waals surface area contributed by atoms with Crippen LogP contribution in [0.1, 0.15) is 42.5 Å². The summed E-state index contributed by atoms with van der Waals surface area (Å²) in [5.41, 5.74) is 0.113. The number of hydrogen-bond donors (Lipinski definition) is 0. The smallest absolute Gasteiger partial charge is 0.342 e. The Kier molecular flexibility index (Phi) is 5.43. The average Bonchev–Trinajstić information content (AvgIpc) is 2.44. The Labute approximate surface area is 140 Å². The molecular weight excluding hydrogens is 314 g/mol. The number of hydrogen-bond acceptors (Lipinski definition) is 6. The van der Waals surface area contributed by atoms with E-state index >= 15 is 0 Å².